The number of hydrogen-bond acceptors (Lipinski definition) is 3. The van der Waals surface area contributed by atoms with Gasteiger partial charge in [-0.3, -0.25) is 4.79 Å². The summed E-state index contributed by atoms with van der Waals surface area (Å²) in [5.74, 6) is -0.0678. The zero-order valence-corrected chi connectivity index (χ0v) is 15.6. The smallest absolute Gasteiger partial charge is 0.255 e. The van der Waals surface area contributed by atoms with Crippen molar-refractivity contribution in [3.05, 3.63) is 76.1 Å². The van der Waals surface area contributed by atoms with Crippen molar-refractivity contribution < 1.29 is 4.79 Å². The molecule has 26 heavy (non-hydrogen) atoms. The van der Waals surface area contributed by atoms with Crippen LogP contribution in [0.1, 0.15) is 33.5 Å². The lowest BCUT2D eigenvalue weighted by Gasteiger charge is -2.36. The number of aromatic nitrogens is 2. The van der Waals surface area contributed by atoms with E-state index in [0.29, 0.717) is 10.6 Å². The molecule has 0 spiro atoms. The van der Waals surface area contributed by atoms with E-state index in [1.165, 1.54) is 0 Å². The molecule has 6 heteroatoms. The highest BCUT2D eigenvalue weighted by Crippen LogP contribution is 2.34. The molecular formula is C20H19ClN4O. The minimum Gasteiger partial charge on any atom is -0.350 e. The molecule has 4 rings (SSSR count). The van der Waals surface area contributed by atoms with Gasteiger partial charge >= 0.3 is 0 Å². The van der Waals surface area contributed by atoms with Crippen molar-refractivity contribution in [3.63, 3.8) is 0 Å². The van der Waals surface area contributed by atoms with E-state index in [4.69, 9.17) is 16.7 Å². The first kappa shape index (κ1) is 16.7. The van der Waals surface area contributed by atoms with E-state index in [1.807, 2.05) is 74.1 Å². The number of carbonyl (C=O) groups is 1. The molecule has 1 amide bonds. The maximum Gasteiger partial charge on any atom is 0.255 e. The van der Waals surface area contributed by atoms with Crippen LogP contribution in [0.2, 0.25) is 5.02 Å². The zero-order valence-electron chi connectivity index (χ0n) is 14.8. The van der Waals surface area contributed by atoms with Crippen LogP contribution in [-0.2, 0) is 0 Å². The van der Waals surface area contributed by atoms with Gasteiger partial charge in [-0.1, -0.05) is 23.7 Å². The quantitative estimate of drug-likeness (QED) is 0.745. The van der Waals surface area contributed by atoms with E-state index < -0.39 is 0 Å². The average molecular weight is 367 g/mol. The molecule has 5 nitrogen and oxygen atoms in total. The number of amides is 1. The Balaban J connectivity index is 1.80. The van der Waals surface area contributed by atoms with Crippen molar-refractivity contribution in [1.82, 2.24) is 15.1 Å². The molecule has 0 radical (unpaired) electrons. The average Bonchev–Trinajstić information content (AvgIpc) is 2.93. The second kappa shape index (κ2) is 6.18. The number of carbonyl (C=O) groups excluding carboxylic acids is 1. The van der Waals surface area contributed by atoms with E-state index in [-0.39, 0.29) is 12.1 Å². The maximum atomic E-state index is 12.6. The third-order valence-electron chi connectivity index (χ3n) is 4.88. The Hall–Kier alpha value is -2.79. The number of para-hydroxylation sites is 1. The Labute approximate surface area is 157 Å². The number of hydrogen-bond donors (Lipinski definition) is 1. The van der Waals surface area contributed by atoms with E-state index in [1.54, 1.807) is 0 Å². The second-order valence-corrected chi connectivity index (χ2v) is 6.91. The highest BCUT2D eigenvalue weighted by atomic mass is 35.5. The summed E-state index contributed by atoms with van der Waals surface area (Å²) in [4.78, 5) is 14.7. The van der Waals surface area contributed by atoms with Crippen molar-refractivity contribution in [2.45, 2.75) is 20.0 Å². The number of nitrogens with one attached hydrogen (secondary N) is 1. The summed E-state index contributed by atoms with van der Waals surface area (Å²) >= 11 is 6.00. The fraction of sp³-hybridized carbons (Fsp3) is 0.200. The first-order valence-electron chi connectivity index (χ1n) is 8.42. The molecule has 0 unspecified atom stereocenters. The second-order valence-electron chi connectivity index (χ2n) is 6.48. The summed E-state index contributed by atoms with van der Waals surface area (Å²) in [6, 6.07) is 15.2. The van der Waals surface area contributed by atoms with Crippen molar-refractivity contribution >= 4 is 23.2 Å². The Bertz CT molecular complexity index is 994. The van der Waals surface area contributed by atoms with Gasteiger partial charge in [-0.05, 0) is 50.2 Å². The van der Waals surface area contributed by atoms with Crippen LogP contribution in [0, 0.1) is 13.8 Å². The Kier molecular flexibility index (Phi) is 3.96. The molecule has 3 aromatic rings. The van der Waals surface area contributed by atoms with Gasteiger partial charge in [0.25, 0.3) is 5.91 Å². The molecule has 1 atom stereocenters. The topological polar surface area (TPSA) is 50.2 Å². The molecule has 1 N–H and O–H groups in total. The summed E-state index contributed by atoms with van der Waals surface area (Å²) in [6.45, 7) is 3.99. The summed E-state index contributed by atoms with van der Waals surface area (Å²) in [7, 11) is 1.99. The van der Waals surface area contributed by atoms with Crippen molar-refractivity contribution in [3.8, 4) is 5.69 Å². The molecule has 132 valence electrons. The van der Waals surface area contributed by atoms with E-state index >= 15 is 0 Å². The summed E-state index contributed by atoms with van der Waals surface area (Å²) < 4.78 is 1.89. The third kappa shape index (κ3) is 2.56. The number of fused-ring (bicyclic) bond motifs is 1. The van der Waals surface area contributed by atoms with Crippen molar-refractivity contribution in [2.24, 2.45) is 0 Å². The normalized spacial score (nSPS) is 16.4. The Morgan fingerprint density at radius 2 is 1.77 bits per heavy atom. The van der Waals surface area contributed by atoms with Crippen LogP contribution >= 0.6 is 11.6 Å². The van der Waals surface area contributed by atoms with Crippen LogP contribution in [0.4, 0.5) is 5.69 Å². The molecule has 0 saturated carbocycles. The molecule has 2 heterocycles. The predicted molar refractivity (Wildman–Crippen MR) is 103 cm³/mol. The lowest BCUT2D eigenvalue weighted by molar-refractivity contribution is 0.0928. The van der Waals surface area contributed by atoms with Gasteiger partial charge in [0.15, 0.2) is 0 Å². The summed E-state index contributed by atoms with van der Waals surface area (Å²) in [5, 5.41) is 8.49. The van der Waals surface area contributed by atoms with Crippen LogP contribution in [0.3, 0.4) is 0 Å². The van der Waals surface area contributed by atoms with Crippen LogP contribution in [0.25, 0.3) is 5.69 Å². The molecule has 1 aliphatic heterocycles. The van der Waals surface area contributed by atoms with Crippen LogP contribution in [-0.4, -0.2) is 22.7 Å². The summed E-state index contributed by atoms with van der Waals surface area (Å²) in [6.07, 6.45) is -0.265. The van der Waals surface area contributed by atoms with Crippen LogP contribution in [0.5, 0.6) is 0 Å². The van der Waals surface area contributed by atoms with Gasteiger partial charge in [-0.25, -0.2) is 4.68 Å². The molecule has 1 aliphatic rings. The number of anilines is 1. The third-order valence-corrected chi connectivity index (χ3v) is 5.13. The van der Waals surface area contributed by atoms with Gasteiger partial charge < -0.3 is 10.2 Å². The maximum absolute atomic E-state index is 12.6. The predicted octanol–water partition coefficient (Wildman–Crippen LogP) is 4.02. The van der Waals surface area contributed by atoms with Gasteiger partial charge in [0.1, 0.15) is 6.17 Å². The Morgan fingerprint density at radius 1 is 1.08 bits per heavy atom. The minimum atomic E-state index is -0.265. The molecule has 0 fully saturated rings. The van der Waals surface area contributed by atoms with Crippen LogP contribution in [0.15, 0.2) is 48.5 Å². The standard InChI is InChI=1S/C20H19ClN4O/c1-12-18(13(2)25(23-12)15-10-8-14(21)9-11-15)19-22-20(26)16-6-4-5-7-17(16)24(19)3/h4-11,19H,1-3H3,(H,22,26)/t19-/m1/s1. The lowest BCUT2D eigenvalue weighted by Crippen LogP contribution is -2.45. The number of benzene rings is 2. The number of nitrogens with zero attached hydrogens (tertiary/aromatic N) is 3. The molecule has 2 aromatic carbocycles. The van der Waals surface area contributed by atoms with Gasteiger partial charge in [-0.2, -0.15) is 5.10 Å². The van der Waals surface area contributed by atoms with E-state index in [2.05, 4.69) is 10.2 Å². The molecular weight excluding hydrogens is 348 g/mol. The molecule has 0 aliphatic carbocycles. The van der Waals surface area contributed by atoms with Crippen molar-refractivity contribution in [1.29, 1.82) is 0 Å². The fourth-order valence-corrected chi connectivity index (χ4v) is 3.69. The number of rotatable bonds is 2. The zero-order chi connectivity index (χ0) is 18.4. The van der Waals surface area contributed by atoms with Gasteiger partial charge in [0, 0.05) is 23.3 Å². The SMILES string of the molecule is Cc1nn(-c2ccc(Cl)cc2)c(C)c1[C@@H]1NC(=O)c2ccccc2N1C. The van der Waals surface area contributed by atoms with Crippen molar-refractivity contribution in [2.75, 3.05) is 11.9 Å². The largest absolute Gasteiger partial charge is 0.350 e. The first-order valence-corrected chi connectivity index (χ1v) is 8.80. The van der Waals surface area contributed by atoms with Gasteiger partial charge in [0.05, 0.1) is 22.6 Å². The van der Waals surface area contributed by atoms with E-state index in [9.17, 15) is 4.79 Å². The van der Waals surface area contributed by atoms with Gasteiger partial charge in [0.2, 0.25) is 0 Å². The highest BCUT2D eigenvalue weighted by Gasteiger charge is 2.32. The summed E-state index contributed by atoms with van der Waals surface area (Å²) in [5.41, 5.74) is 5.41. The molecule has 0 bridgehead atoms. The lowest BCUT2D eigenvalue weighted by atomic mass is 10.0. The number of aryl methyl sites for hydroxylation is 1. The monoisotopic (exact) mass is 366 g/mol. The first-order chi connectivity index (χ1) is 12.5. The minimum absolute atomic E-state index is 0.0678. The highest BCUT2D eigenvalue weighted by molar-refractivity contribution is 6.30. The number of halogens is 1. The fourth-order valence-electron chi connectivity index (χ4n) is 3.56. The Morgan fingerprint density at radius 3 is 2.50 bits per heavy atom. The van der Waals surface area contributed by atoms with Crippen LogP contribution < -0.4 is 10.2 Å². The molecule has 1 aromatic heterocycles. The molecule has 0 saturated heterocycles. The van der Waals surface area contributed by atoms with E-state index in [0.717, 1.165) is 28.3 Å². The van der Waals surface area contributed by atoms with Gasteiger partial charge in [-0.15, -0.1) is 0 Å².